The van der Waals surface area contributed by atoms with Crippen LogP contribution in [0.3, 0.4) is 0 Å². The summed E-state index contributed by atoms with van der Waals surface area (Å²) in [5, 5.41) is 4.95. The van der Waals surface area contributed by atoms with Crippen molar-refractivity contribution in [3.05, 3.63) is 63.9 Å². The molecule has 0 spiro atoms. The summed E-state index contributed by atoms with van der Waals surface area (Å²) >= 11 is 12.4. The normalized spacial score (nSPS) is 18.7. The fourth-order valence-electron chi connectivity index (χ4n) is 2.73. The van der Waals surface area contributed by atoms with E-state index < -0.39 is 0 Å². The summed E-state index contributed by atoms with van der Waals surface area (Å²) in [6.07, 6.45) is 3.68. The van der Waals surface area contributed by atoms with E-state index in [4.69, 9.17) is 23.2 Å². The summed E-state index contributed by atoms with van der Waals surface area (Å²) in [5.74, 6) is 0. The number of hydrogen-bond donors (Lipinski definition) is 1. The number of hydrogen-bond acceptors (Lipinski definition) is 3. The van der Waals surface area contributed by atoms with Gasteiger partial charge in [-0.3, -0.25) is 9.88 Å². The largest absolute Gasteiger partial charge is 0.314 e. The van der Waals surface area contributed by atoms with Gasteiger partial charge in [0.15, 0.2) is 0 Å². The molecule has 1 unspecified atom stereocenters. The van der Waals surface area contributed by atoms with Gasteiger partial charge >= 0.3 is 0 Å². The molecule has 1 aromatic carbocycles. The summed E-state index contributed by atoms with van der Waals surface area (Å²) in [6, 6.07) is 10.1. The van der Waals surface area contributed by atoms with Crippen molar-refractivity contribution in [3.63, 3.8) is 0 Å². The number of nitrogens with one attached hydrogen (secondary N) is 1. The number of halogens is 3. The van der Waals surface area contributed by atoms with E-state index in [1.54, 1.807) is 0 Å². The van der Waals surface area contributed by atoms with Crippen molar-refractivity contribution < 1.29 is 0 Å². The summed E-state index contributed by atoms with van der Waals surface area (Å²) < 4.78 is 0. The molecule has 1 aromatic heterocycles. The first-order valence-electron chi connectivity index (χ1n) is 7.02. The smallest absolute Gasteiger partial charge is 0.0477 e. The van der Waals surface area contributed by atoms with Crippen molar-refractivity contribution in [3.8, 4) is 0 Å². The second kappa shape index (κ2) is 8.14. The fourth-order valence-corrected chi connectivity index (χ4v) is 3.11. The highest BCUT2D eigenvalue weighted by molar-refractivity contribution is 6.33. The molecule has 1 saturated heterocycles. The van der Waals surface area contributed by atoms with Crippen LogP contribution in [0.25, 0.3) is 0 Å². The number of piperazine rings is 1. The van der Waals surface area contributed by atoms with Crippen molar-refractivity contribution in [1.29, 1.82) is 0 Å². The Morgan fingerprint density at radius 1 is 1.18 bits per heavy atom. The van der Waals surface area contributed by atoms with Gasteiger partial charge in [-0.05, 0) is 41.5 Å². The molecule has 3 rings (SSSR count). The SMILES string of the molecule is Cl.Clc1ccc(Cl)c(CN2CCNCC2c2ccncc2)c1. The van der Waals surface area contributed by atoms with Crippen molar-refractivity contribution >= 4 is 35.6 Å². The van der Waals surface area contributed by atoms with E-state index in [1.165, 1.54) is 5.56 Å². The van der Waals surface area contributed by atoms with E-state index in [-0.39, 0.29) is 12.4 Å². The maximum Gasteiger partial charge on any atom is 0.0477 e. The van der Waals surface area contributed by atoms with Gasteiger partial charge in [0.05, 0.1) is 0 Å². The predicted molar refractivity (Wildman–Crippen MR) is 94.0 cm³/mol. The summed E-state index contributed by atoms with van der Waals surface area (Å²) in [7, 11) is 0. The van der Waals surface area contributed by atoms with Crippen molar-refractivity contribution in [2.45, 2.75) is 12.6 Å². The van der Waals surface area contributed by atoms with Gasteiger partial charge in [0.25, 0.3) is 0 Å². The molecule has 6 heteroatoms. The Hall–Kier alpha value is -0.840. The van der Waals surface area contributed by atoms with Gasteiger partial charge in [0.2, 0.25) is 0 Å². The molecule has 1 N–H and O–H groups in total. The molecular formula is C16H18Cl3N3. The predicted octanol–water partition coefficient (Wildman–Crippen LogP) is 3.96. The molecule has 1 aliphatic heterocycles. The first kappa shape index (κ1) is 17.5. The Morgan fingerprint density at radius 2 is 1.95 bits per heavy atom. The molecular weight excluding hydrogens is 341 g/mol. The lowest BCUT2D eigenvalue weighted by molar-refractivity contribution is 0.153. The van der Waals surface area contributed by atoms with Gasteiger partial charge in [0, 0.05) is 54.7 Å². The minimum absolute atomic E-state index is 0. The second-order valence-corrected chi connectivity index (χ2v) is 6.05. The highest BCUT2D eigenvalue weighted by atomic mass is 35.5. The number of rotatable bonds is 3. The van der Waals surface area contributed by atoms with Crippen molar-refractivity contribution in [2.24, 2.45) is 0 Å². The van der Waals surface area contributed by atoms with Crippen LogP contribution in [0.5, 0.6) is 0 Å². The van der Waals surface area contributed by atoms with E-state index in [1.807, 2.05) is 30.6 Å². The van der Waals surface area contributed by atoms with Crippen LogP contribution < -0.4 is 5.32 Å². The van der Waals surface area contributed by atoms with Crippen LogP contribution in [0.15, 0.2) is 42.7 Å². The molecule has 0 radical (unpaired) electrons. The van der Waals surface area contributed by atoms with Gasteiger partial charge in [-0.2, -0.15) is 0 Å². The van der Waals surface area contributed by atoms with Crippen molar-refractivity contribution in [2.75, 3.05) is 19.6 Å². The lowest BCUT2D eigenvalue weighted by Crippen LogP contribution is -2.45. The Morgan fingerprint density at radius 3 is 2.73 bits per heavy atom. The first-order chi connectivity index (χ1) is 10.2. The summed E-state index contributed by atoms with van der Waals surface area (Å²) in [6.45, 7) is 3.70. The Labute approximate surface area is 147 Å². The molecule has 1 fully saturated rings. The number of nitrogens with zero attached hydrogens (tertiary/aromatic N) is 2. The topological polar surface area (TPSA) is 28.2 Å². The maximum absolute atomic E-state index is 6.30. The van der Waals surface area contributed by atoms with E-state index in [2.05, 4.69) is 27.3 Å². The Bertz CT molecular complexity index is 607. The molecule has 0 aliphatic carbocycles. The van der Waals surface area contributed by atoms with Gasteiger partial charge in [-0.15, -0.1) is 12.4 Å². The van der Waals surface area contributed by atoms with Crippen LogP contribution in [-0.2, 0) is 6.54 Å². The Kier molecular flexibility index (Phi) is 6.48. The molecule has 22 heavy (non-hydrogen) atoms. The van der Waals surface area contributed by atoms with E-state index in [0.29, 0.717) is 6.04 Å². The standard InChI is InChI=1S/C16H17Cl2N3.ClH/c17-14-1-2-15(18)13(9-14)11-21-8-7-20-10-16(21)12-3-5-19-6-4-12;/h1-6,9,16,20H,7-8,10-11H2;1H. The second-order valence-electron chi connectivity index (χ2n) is 5.21. The van der Waals surface area contributed by atoms with E-state index in [0.717, 1.165) is 41.8 Å². The average Bonchev–Trinajstić information content (AvgIpc) is 2.52. The van der Waals surface area contributed by atoms with Crippen LogP contribution in [-0.4, -0.2) is 29.5 Å². The lowest BCUT2D eigenvalue weighted by Gasteiger charge is -2.36. The number of aromatic nitrogens is 1. The maximum atomic E-state index is 6.30. The number of pyridine rings is 1. The van der Waals surface area contributed by atoms with Gasteiger partial charge in [0.1, 0.15) is 0 Å². The third-order valence-corrected chi connectivity index (χ3v) is 4.43. The van der Waals surface area contributed by atoms with E-state index in [9.17, 15) is 0 Å². The molecule has 1 aliphatic rings. The van der Waals surface area contributed by atoms with Gasteiger partial charge in [-0.25, -0.2) is 0 Å². The molecule has 2 aromatic rings. The summed E-state index contributed by atoms with van der Waals surface area (Å²) in [4.78, 5) is 6.53. The molecule has 118 valence electrons. The highest BCUT2D eigenvalue weighted by Crippen LogP contribution is 2.27. The minimum atomic E-state index is 0. The van der Waals surface area contributed by atoms with Crippen LogP contribution in [0, 0.1) is 0 Å². The molecule has 2 heterocycles. The lowest BCUT2D eigenvalue weighted by atomic mass is 10.0. The van der Waals surface area contributed by atoms with Crippen LogP contribution in [0.2, 0.25) is 10.0 Å². The van der Waals surface area contributed by atoms with Gasteiger partial charge < -0.3 is 5.32 Å². The molecule has 0 saturated carbocycles. The monoisotopic (exact) mass is 357 g/mol. The first-order valence-corrected chi connectivity index (χ1v) is 7.78. The fraction of sp³-hybridized carbons (Fsp3) is 0.312. The molecule has 1 atom stereocenters. The Balaban J connectivity index is 0.00000176. The zero-order valence-corrected chi connectivity index (χ0v) is 14.3. The quantitative estimate of drug-likeness (QED) is 0.900. The zero-order valence-electron chi connectivity index (χ0n) is 12.0. The molecule has 3 nitrogen and oxygen atoms in total. The molecule has 0 amide bonds. The minimum Gasteiger partial charge on any atom is -0.314 e. The van der Waals surface area contributed by atoms with Crippen molar-refractivity contribution in [1.82, 2.24) is 15.2 Å². The van der Waals surface area contributed by atoms with Crippen LogP contribution in [0.4, 0.5) is 0 Å². The number of benzene rings is 1. The van der Waals surface area contributed by atoms with Crippen LogP contribution in [0.1, 0.15) is 17.2 Å². The van der Waals surface area contributed by atoms with Gasteiger partial charge in [-0.1, -0.05) is 23.2 Å². The molecule has 0 bridgehead atoms. The zero-order chi connectivity index (χ0) is 14.7. The summed E-state index contributed by atoms with van der Waals surface area (Å²) in [5.41, 5.74) is 2.35. The van der Waals surface area contributed by atoms with E-state index >= 15 is 0 Å². The van der Waals surface area contributed by atoms with Crippen LogP contribution >= 0.6 is 35.6 Å². The third kappa shape index (κ3) is 4.12. The average molecular weight is 359 g/mol. The highest BCUT2D eigenvalue weighted by Gasteiger charge is 2.24. The third-order valence-electron chi connectivity index (χ3n) is 3.83.